The van der Waals surface area contributed by atoms with E-state index in [1.54, 1.807) is 7.11 Å². The lowest BCUT2D eigenvalue weighted by molar-refractivity contribution is 0.257. The van der Waals surface area contributed by atoms with E-state index in [-0.39, 0.29) is 0 Å². The molecule has 1 aliphatic heterocycles. The summed E-state index contributed by atoms with van der Waals surface area (Å²) in [5.41, 5.74) is 1.49. The third-order valence-electron chi connectivity index (χ3n) is 4.80. The summed E-state index contributed by atoms with van der Waals surface area (Å²) in [6.45, 7) is 2.57. The lowest BCUT2D eigenvalue weighted by atomic mass is 9.71. The summed E-state index contributed by atoms with van der Waals surface area (Å²) in [4.78, 5) is 2.51. The van der Waals surface area contributed by atoms with E-state index in [9.17, 15) is 0 Å². The number of hydrogen-bond donors (Lipinski definition) is 0. The fourth-order valence-electron chi connectivity index (χ4n) is 3.98. The number of fused-ring (bicyclic) bond motifs is 1. The van der Waals surface area contributed by atoms with E-state index in [0.29, 0.717) is 0 Å². The fourth-order valence-corrected chi connectivity index (χ4v) is 3.98. The Morgan fingerprint density at radius 2 is 2.11 bits per heavy atom. The van der Waals surface area contributed by atoms with Crippen LogP contribution in [0.2, 0.25) is 0 Å². The van der Waals surface area contributed by atoms with Crippen molar-refractivity contribution in [2.24, 2.45) is 11.8 Å². The van der Waals surface area contributed by atoms with E-state index in [2.05, 4.69) is 30.1 Å². The largest absolute Gasteiger partial charge is 0.497 e. The maximum Gasteiger partial charge on any atom is 0.119 e. The Labute approximate surface area is 110 Å². The Hall–Kier alpha value is -1.02. The Kier molecular flexibility index (Phi) is 3.29. The number of rotatable bonds is 2. The first kappa shape index (κ1) is 12.0. The molecule has 2 fully saturated rings. The molecule has 0 radical (unpaired) electrons. The van der Waals surface area contributed by atoms with Crippen molar-refractivity contribution in [2.45, 2.75) is 25.2 Å². The molecular formula is C16H23NO. The fraction of sp³-hybridized carbons (Fsp3) is 0.625. The predicted molar refractivity (Wildman–Crippen MR) is 74.1 cm³/mol. The van der Waals surface area contributed by atoms with Crippen molar-refractivity contribution in [1.29, 1.82) is 0 Å². The average molecular weight is 245 g/mol. The van der Waals surface area contributed by atoms with Gasteiger partial charge in [-0.2, -0.15) is 0 Å². The van der Waals surface area contributed by atoms with Crippen LogP contribution in [0.1, 0.15) is 30.7 Å². The molecule has 1 heterocycles. The van der Waals surface area contributed by atoms with Crippen LogP contribution in [0.5, 0.6) is 5.75 Å². The van der Waals surface area contributed by atoms with Gasteiger partial charge < -0.3 is 9.64 Å². The van der Waals surface area contributed by atoms with Crippen LogP contribution in [0.4, 0.5) is 0 Å². The van der Waals surface area contributed by atoms with Crippen molar-refractivity contribution in [3.63, 3.8) is 0 Å². The second kappa shape index (κ2) is 4.93. The van der Waals surface area contributed by atoms with Gasteiger partial charge in [0.2, 0.25) is 0 Å². The van der Waals surface area contributed by atoms with Crippen molar-refractivity contribution in [1.82, 2.24) is 4.90 Å². The highest BCUT2D eigenvalue weighted by Crippen LogP contribution is 2.45. The van der Waals surface area contributed by atoms with Crippen molar-refractivity contribution in [3.05, 3.63) is 29.8 Å². The molecule has 0 N–H and O–H groups in total. The Bertz CT molecular complexity index is 417. The summed E-state index contributed by atoms with van der Waals surface area (Å²) < 4.78 is 5.37. The van der Waals surface area contributed by atoms with Gasteiger partial charge in [-0.05, 0) is 55.3 Å². The van der Waals surface area contributed by atoms with E-state index < -0.39 is 0 Å². The van der Waals surface area contributed by atoms with Gasteiger partial charge in [0.1, 0.15) is 5.75 Å². The molecule has 2 nitrogen and oxygen atoms in total. The molecule has 2 heteroatoms. The van der Waals surface area contributed by atoms with Gasteiger partial charge in [-0.15, -0.1) is 0 Å². The molecule has 1 aromatic carbocycles. The van der Waals surface area contributed by atoms with Crippen LogP contribution in [0.15, 0.2) is 24.3 Å². The molecule has 1 saturated heterocycles. The molecule has 0 bridgehead atoms. The molecule has 2 aliphatic rings. The number of methoxy groups -OCH3 is 1. The molecular weight excluding hydrogens is 222 g/mol. The number of hydrogen-bond acceptors (Lipinski definition) is 2. The van der Waals surface area contributed by atoms with Gasteiger partial charge in [-0.1, -0.05) is 18.6 Å². The topological polar surface area (TPSA) is 12.5 Å². The van der Waals surface area contributed by atoms with Crippen molar-refractivity contribution < 1.29 is 4.74 Å². The third kappa shape index (κ3) is 2.14. The minimum absolute atomic E-state index is 0.740. The number of benzene rings is 1. The standard InChI is InChI=1S/C16H23NO/c1-17-10-13-6-4-8-15(16(13)11-17)12-5-3-7-14(9-12)18-2/h3,5,7,9,13,15-16H,4,6,8,10-11H2,1-2H3/t13?,15-,16+/m0/s1. The highest BCUT2D eigenvalue weighted by molar-refractivity contribution is 5.32. The first-order valence-corrected chi connectivity index (χ1v) is 7.10. The quantitative estimate of drug-likeness (QED) is 0.793. The second-order valence-electron chi connectivity index (χ2n) is 5.96. The monoisotopic (exact) mass is 245 g/mol. The van der Waals surface area contributed by atoms with Gasteiger partial charge in [0.05, 0.1) is 7.11 Å². The van der Waals surface area contributed by atoms with Crippen LogP contribution >= 0.6 is 0 Å². The van der Waals surface area contributed by atoms with Crippen molar-refractivity contribution >= 4 is 0 Å². The summed E-state index contributed by atoms with van der Waals surface area (Å²) in [6.07, 6.45) is 4.16. The zero-order valence-corrected chi connectivity index (χ0v) is 11.4. The number of nitrogens with zero attached hydrogens (tertiary/aromatic N) is 1. The van der Waals surface area contributed by atoms with Crippen LogP contribution in [-0.4, -0.2) is 32.1 Å². The second-order valence-corrected chi connectivity index (χ2v) is 5.96. The highest BCUT2D eigenvalue weighted by atomic mass is 16.5. The van der Waals surface area contributed by atoms with E-state index in [4.69, 9.17) is 4.74 Å². The molecule has 18 heavy (non-hydrogen) atoms. The van der Waals surface area contributed by atoms with Crippen molar-refractivity contribution in [2.75, 3.05) is 27.2 Å². The normalized spacial score (nSPS) is 32.2. The molecule has 0 aromatic heterocycles. The summed E-state index contributed by atoms with van der Waals surface area (Å²) in [5, 5.41) is 0. The Morgan fingerprint density at radius 3 is 2.94 bits per heavy atom. The van der Waals surface area contributed by atoms with Crippen LogP contribution < -0.4 is 4.74 Å². The maximum absolute atomic E-state index is 5.37. The predicted octanol–water partition coefficient (Wildman–Crippen LogP) is 3.14. The lowest BCUT2D eigenvalue weighted by Gasteiger charge is -2.33. The molecule has 0 spiro atoms. The molecule has 3 atom stereocenters. The molecule has 3 rings (SSSR count). The SMILES string of the molecule is COc1cccc([C@@H]2CCCC3CN(C)C[C@H]32)c1. The molecule has 1 unspecified atom stereocenters. The molecule has 98 valence electrons. The summed E-state index contributed by atoms with van der Waals surface area (Å²) >= 11 is 0. The minimum atomic E-state index is 0.740. The first-order valence-electron chi connectivity index (χ1n) is 7.10. The number of ether oxygens (including phenoxy) is 1. The molecule has 1 saturated carbocycles. The van der Waals surface area contributed by atoms with Gasteiger partial charge >= 0.3 is 0 Å². The van der Waals surface area contributed by atoms with Crippen LogP contribution in [0.25, 0.3) is 0 Å². The van der Waals surface area contributed by atoms with Gasteiger partial charge in [0.15, 0.2) is 0 Å². The van der Waals surface area contributed by atoms with E-state index in [1.807, 2.05) is 6.07 Å². The molecule has 0 amide bonds. The van der Waals surface area contributed by atoms with Gasteiger partial charge in [-0.25, -0.2) is 0 Å². The van der Waals surface area contributed by atoms with E-state index >= 15 is 0 Å². The van der Waals surface area contributed by atoms with Gasteiger partial charge in [-0.3, -0.25) is 0 Å². The van der Waals surface area contributed by atoms with Crippen molar-refractivity contribution in [3.8, 4) is 5.75 Å². The maximum atomic E-state index is 5.37. The van der Waals surface area contributed by atoms with Gasteiger partial charge in [0.25, 0.3) is 0 Å². The number of likely N-dealkylation sites (tertiary alicyclic amines) is 1. The third-order valence-corrected chi connectivity index (χ3v) is 4.80. The Balaban J connectivity index is 1.85. The van der Waals surface area contributed by atoms with Crippen LogP contribution in [0.3, 0.4) is 0 Å². The molecule has 1 aliphatic carbocycles. The first-order chi connectivity index (χ1) is 8.78. The molecule has 1 aromatic rings. The smallest absolute Gasteiger partial charge is 0.119 e. The summed E-state index contributed by atoms with van der Waals surface area (Å²) in [6, 6.07) is 8.71. The van der Waals surface area contributed by atoms with Crippen LogP contribution in [0, 0.1) is 11.8 Å². The lowest BCUT2D eigenvalue weighted by Crippen LogP contribution is -2.25. The van der Waals surface area contributed by atoms with E-state index in [1.165, 1.54) is 37.9 Å². The zero-order valence-electron chi connectivity index (χ0n) is 11.4. The minimum Gasteiger partial charge on any atom is -0.497 e. The van der Waals surface area contributed by atoms with Gasteiger partial charge in [0, 0.05) is 13.1 Å². The zero-order chi connectivity index (χ0) is 12.5. The summed E-state index contributed by atoms with van der Waals surface area (Å²) in [7, 11) is 4.02. The average Bonchev–Trinajstić information content (AvgIpc) is 2.78. The summed E-state index contributed by atoms with van der Waals surface area (Å²) in [5.74, 6) is 3.51. The van der Waals surface area contributed by atoms with Crippen LogP contribution in [-0.2, 0) is 0 Å². The Morgan fingerprint density at radius 1 is 1.22 bits per heavy atom. The highest BCUT2D eigenvalue weighted by Gasteiger charge is 2.39. The van der Waals surface area contributed by atoms with E-state index in [0.717, 1.165) is 23.5 Å².